The number of hydrogen-bond acceptors (Lipinski definition) is 4. The quantitative estimate of drug-likeness (QED) is 0.683. The predicted molar refractivity (Wildman–Crippen MR) is 132 cm³/mol. The van der Waals surface area contributed by atoms with Crippen LogP contribution in [0, 0.1) is 12.8 Å². The van der Waals surface area contributed by atoms with E-state index in [0.29, 0.717) is 36.8 Å². The Kier molecular flexibility index (Phi) is 6.57. The van der Waals surface area contributed by atoms with E-state index in [4.69, 9.17) is 0 Å². The molecule has 1 fully saturated rings. The lowest BCUT2D eigenvalue weighted by Crippen LogP contribution is -2.42. The van der Waals surface area contributed by atoms with Crippen LogP contribution in [0.2, 0.25) is 0 Å². The monoisotopic (exact) mass is 483 g/mol. The van der Waals surface area contributed by atoms with Crippen molar-refractivity contribution >= 4 is 27.5 Å². The number of piperidine rings is 1. The Labute approximate surface area is 202 Å². The molecule has 0 saturated carbocycles. The molecule has 0 radical (unpaired) electrons. The molecule has 1 N–H and O–H groups in total. The van der Waals surface area contributed by atoms with Crippen LogP contribution in [0.15, 0.2) is 47.4 Å². The Morgan fingerprint density at radius 2 is 1.74 bits per heavy atom. The van der Waals surface area contributed by atoms with E-state index < -0.39 is 15.4 Å². The van der Waals surface area contributed by atoms with E-state index in [9.17, 15) is 18.0 Å². The first kappa shape index (κ1) is 24.4. The van der Waals surface area contributed by atoms with E-state index in [1.54, 1.807) is 32.0 Å². The van der Waals surface area contributed by atoms with Gasteiger partial charge in [0.2, 0.25) is 21.8 Å². The molecule has 4 rings (SSSR count). The first-order valence-corrected chi connectivity index (χ1v) is 13.2. The Morgan fingerprint density at radius 3 is 2.38 bits per heavy atom. The summed E-state index contributed by atoms with van der Waals surface area (Å²) in [6, 6.07) is 12.7. The standard InChI is InChI=1S/C26H33N3O4S/c1-18-5-7-20(8-6-18)16-27-24(30)17-29-23-10-9-21(15-22(23)26(3,4)25(29)31)34(32,33)28-13-11-19(2)12-14-28/h5-10,15,19H,11-14,16-17H2,1-4H3,(H,27,30). The zero-order valence-corrected chi connectivity index (χ0v) is 21.1. The maximum absolute atomic E-state index is 13.2. The Bertz CT molecular complexity index is 1200. The smallest absolute Gasteiger partial charge is 0.243 e. The lowest BCUT2D eigenvalue weighted by Gasteiger charge is -2.29. The highest BCUT2D eigenvalue weighted by atomic mass is 32.2. The van der Waals surface area contributed by atoms with Crippen molar-refractivity contribution in [2.45, 2.75) is 57.4 Å². The first-order chi connectivity index (χ1) is 16.0. The van der Waals surface area contributed by atoms with Gasteiger partial charge in [-0.25, -0.2) is 8.42 Å². The van der Waals surface area contributed by atoms with Gasteiger partial charge in [0.25, 0.3) is 0 Å². The molecule has 0 bridgehead atoms. The molecular formula is C26H33N3O4S. The second-order valence-electron chi connectivity index (χ2n) is 10.0. The summed E-state index contributed by atoms with van der Waals surface area (Å²) in [7, 11) is -3.63. The van der Waals surface area contributed by atoms with Crippen molar-refractivity contribution in [3.05, 3.63) is 59.2 Å². The Morgan fingerprint density at radius 1 is 1.09 bits per heavy atom. The number of nitrogens with one attached hydrogen (secondary N) is 1. The summed E-state index contributed by atoms with van der Waals surface area (Å²) < 4.78 is 28.0. The lowest BCUT2D eigenvalue weighted by atomic mass is 9.86. The number of aryl methyl sites for hydroxylation is 1. The zero-order valence-electron chi connectivity index (χ0n) is 20.3. The van der Waals surface area contributed by atoms with Crippen LogP contribution in [0.3, 0.4) is 0 Å². The van der Waals surface area contributed by atoms with Gasteiger partial charge in [0.1, 0.15) is 6.54 Å². The summed E-state index contributed by atoms with van der Waals surface area (Å²) in [5.74, 6) is 0.0415. The molecular weight excluding hydrogens is 450 g/mol. The molecule has 2 aromatic rings. The number of benzene rings is 2. The molecule has 34 heavy (non-hydrogen) atoms. The number of rotatable bonds is 6. The van der Waals surface area contributed by atoms with Crippen molar-refractivity contribution in [2.75, 3.05) is 24.5 Å². The molecule has 0 spiro atoms. The fraction of sp³-hybridized carbons (Fsp3) is 0.462. The predicted octanol–water partition coefficient (Wildman–Crippen LogP) is 3.36. The molecule has 0 unspecified atom stereocenters. The zero-order chi connectivity index (χ0) is 24.7. The number of amides is 2. The summed E-state index contributed by atoms with van der Waals surface area (Å²) in [5, 5.41) is 2.87. The number of sulfonamides is 1. The minimum absolute atomic E-state index is 0.114. The molecule has 182 valence electrons. The molecule has 7 nitrogen and oxygen atoms in total. The van der Waals surface area contributed by atoms with E-state index in [1.807, 2.05) is 31.2 Å². The van der Waals surface area contributed by atoms with Crippen LogP contribution in [0.4, 0.5) is 5.69 Å². The summed E-state index contributed by atoms with van der Waals surface area (Å²) >= 11 is 0. The number of carbonyl (C=O) groups excluding carboxylic acids is 2. The van der Waals surface area contributed by atoms with Crippen molar-refractivity contribution < 1.29 is 18.0 Å². The average Bonchev–Trinajstić information content (AvgIpc) is 2.99. The fourth-order valence-electron chi connectivity index (χ4n) is 4.61. The van der Waals surface area contributed by atoms with Gasteiger partial charge in [0, 0.05) is 25.3 Å². The number of nitrogens with zero attached hydrogens (tertiary/aromatic N) is 2. The van der Waals surface area contributed by atoms with Crippen LogP contribution in [-0.2, 0) is 31.6 Å². The Hall–Kier alpha value is -2.71. The van der Waals surface area contributed by atoms with E-state index in [-0.39, 0.29) is 23.3 Å². The second-order valence-corrected chi connectivity index (χ2v) is 12.0. The van der Waals surface area contributed by atoms with Gasteiger partial charge in [-0.1, -0.05) is 36.8 Å². The third-order valence-corrected chi connectivity index (χ3v) is 8.90. The maximum atomic E-state index is 13.2. The maximum Gasteiger partial charge on any atom is 0.243 e. The summed E-state index contributed by atoms with van der Waals surface area (Å²) in [4.78, 5) is 27.5. The fourth-order valence-corrected chi connectivity index (χ4v) is 6.11. The van der Waals surface area contributed by atoms with E-state index in [2.05, 4.69) is 12.2 Å². The highest BCUT2D eigenvalue weighted by Gasteiger charge is 2.45. The third kappa shape index (κ3) is 4.61. The van der Waals surface area contributed by atoms with Gasteiger partial charge in [0.05, 0.1) is 10.3 Å². The van der Waals surface area contributed by atoms with E-state index >= 15 is 0 Å². The van der Waals surface area contributed by atoms with E-state index in [0.717, 1.165) is 24.0 Å². The van der Waals surface area contributed by atoms with Crippen molar-refractivity contribution in [1.29, 1.82) is 0 Å². The molecule has 2 amide bonds. The van der Waals surface area contributed by atoms with Crippen LogP contribution < -0.4 is 10.2 Å². The number of hydrogen-bond donors (Lipinski definition) is 1. The van der Waals surface area contributed by atoms with Gasteiger partial charge < -0.3 is 10.2 Å². The number of anilines is 1. The molecule has 1 saturated heterocycles. The molecule has 2 aliphatic heterocycles. The molecule has 0 aromatic heterocycles. The summed E-state index contributed by atoms with van der Waals surface area (Å²) in [5.41, 5.74) is 2.43. The van der Waals surface area contributed by atoms with Gasteiger partial charge in [-0.05, 0) is 68.9 Å². The van der Waals surface area contributed by atoms with Gasteiger partial charge in [-0.15, -0.1) is 0 Å². The van der Waals surface area contributed by atoms with Gasteiger partial charge >= 0.3 is 0 Å². The molecule has 0 aliphatic carbocycles. The van der Waals surface area contributed by atoms with Gasteiger partial charge in [0.15, 0.2) is 0 Å². The van der Waals surface area contributed by atoms with Crippen LogP contribution in [0.25, 0.3) is 0 Å². The average molecular weight is 484 g/mol. The van der Waals surface area contributed by atoms with Gasteiger partial charge in [-0.3, -0.25) is 9.59 Å². The topological polar surface area (TPSA) is 86.8 Å². The van der Waals surface area contributed by atoms with Crippen LogP contribution in [0.5, 0.6) is 0 Å². The highest BCUT2D eigenvalue weighted by molar-refractivity contribution is 7.89. The SMILES string of the molecule is Cc1ccc(CNC(=O)CN2C(=O)C(C)(C)c3cc(S(=O)(=O)N4CCC(C)CC4)ccc32)cc1. The Balaban J connectivity index is 1.52. The van der Waals surface area contributed by atoms with Crippen LogP contribution in [0.1, 0.15) is 50.3 Å². The third-order valence-electron chi connectivity index (χ3n) is 7.00. The first-order valence-electron chi connectivity index (χ1n) is 11.8. The van der Waals surface area contributed by atoms with Crippen molar-refractivity contribution in [1.82, 2.24) is 9.62 Å². The van der Waals surface area contributed by atoms with Crippen molar-refractivity contribution in [3.63, 3.8) is 0 Å². The summed E-state index contributed by atoms with van der Waals surface area (Å²) in [6.07, 6.45) is 1.69. The van der Waals surface area contributed by atoms with Crippen LogP contribution in [-0.4, -0.2) is 44.2 Å². The summed E-state index contributed by atoms with van der Waals surface area (Å²) in [6.45, 7) is 8.98. The van der Waals surface area contributed by atoms with Crippen molar-refractivity contribution in [3.8, 4) is 0 Å². The largest absolute Gasteiger partial charge is 0.350 e. The van der Waals surface area contributed by atoms with Crippen molar-refractivity contribution in [2.24, 2.45) is 5.92 Å². The highest BCUT2D eigenvalue weighted by Crippen LogP contribution is 2.42. The molecule has 2 aromatic carbocycles. The van der Waals surface area contributed by atoms with Crippen LogP contribution >= 0.6 is 0 Å². The minimum Gasteiger partial charge on any atom is -0.350 e. The molecule has 8 heteroatoms. The number of fused-ring (bicyclic) bond motifs is 1. The minimum atomic E-state index is -3.63. The normalized spacial score (nSPS) is 18.7. The molecule has 2 heterocycles. The lowest BCUT2D eigenvalue weighted by molar-refractivity contribution is -0.125. The molecule has 2 aliphatic rings. The van der Waals surface area contributed by atoms with E-state index in [1.165, 1.54) is 9.21 Å². The van der Waals surface area contributed by atoms with Gasteiger partial charge in [-0.2, -0.15) is 4.31 Å². The molecule has 0 atom stereocenters. The number of carbonyl (C=O) groups is 2. The second kappa shape index (κ2) is 9.15.